The minimum Gasteiger partial charge on any atom is -0.350 e. The van der Waals surface area contributed by atoms with Gasteiger partial charge in [-0.1, -0.05) is 35.5 Å². The third-order valence-corrected chi connectivity index (χ3v) is 5.04. The van der Waals surface area contributed by atoms with Gasteiger partial charge in [0.2, 0.25) is 0 Å². The molecule has 0 spiro atoms. The molecule has 0 radical (unpaired) electrons. The second kappa shape index (κ2) is 8.17. The van der Waals surface area contributed by atoms with Gasteiger partial charge in [0, 0.05) is 22.9 Å². The van der Waals surface area contributed by atoms with Crippen LogP contribution in [0.4, 0.5) is 8.78 Å². The molecule has 0 saturated carbocycles. The molecule has 0 N–H and O–H groups in total. The van der Waals surface area contributed by atoms with Crippen molar-refractivity contribution in [3.8, 4) is 0 Å². The zero-order chi connectivity index (χ0) is 18.7. The minimum absolute atomic E-state index is 0.174. The van der Waals surface area contributed by atoms with Crippen molar-refractivity contribution in [1.29, 1.82) is 0 Å². The van der Waals surface area contributed by atoms with Crippen LogP contribution in [0.15, 0.2) is 29.4 Å². The third-order valence-electron chi connectivity index (χ3n) is 3.95. The zero-order valence-corrected chi connectivity index (χ0v) is 16.0. The number of hydrogen-bond acceptors (Lipinski definition) is 5. The van der Waals surface area contributed by atoms with E-state index in [0.717, 1.165) is 11.8 Å². The van der Waals surface area contributed by atoms with Gasteiger partial charge < -0.3 is 9.47 Å². The number of ether oxygens (including phenoxy) is 2. The molecule has 3 rings (SSSR count). The number of rotatable bonds is 5. The van der Waals surface area contributed by atoms with Crippen LogP contribution in [0.5, 0.6) is 0 Å². The first-order valence-corrected chi connectivity index (χ1v) is 9.56. The molecule has 0 amide bonds. The predicted octanol–water partition coefficient (Wildman–Crippen LogP) is 4.64. The van der Waals surface area contributed by atoms with E-state index in [1.807, 2.05) is 13.8 Å². The fourth-order valence-corrected chi connectivity index (χ4v) is 3.66. The molecule has 0 unspecified atom stereocenters. The third kappa shape index (κ3) is 5.13. The first-order chi connectivity index (χ1) is 12.3. The van der Waals surface area contributed by atoms with Crippen molar-refractivity contribution in [1.82, 2.24) is 9.97 Å². The molecule has 1 aliphatic rings. The Morgan fingerprint density at radius 2 is 1.96 bits per heavy atom. The summed E-state index contributed by atoms with van der Waals surface area (Å²) in [6.07, 6.45) is 0.639. The molecule has 8 heteroatoms. The summed E-state index contributed by atoms with van der Waals surface area (Å²) in [5, 5.41) is 0.740. The van der Waals surface area contributed by atoms with E-state index in [1.54, 1.807) is 6.07 Å². The van der Waals surface area contributed by atoms with E-state index < -0.39 is 17.4 Å². The van der Waals surface area contributed by atoms with Gasteiger partial charge in [0.1, 0.15) is 5.15 Å². The standard InChI is InChI=1S/C18H19ClF2N2O2S/c1-18(2)24-8-11(9-25-18)6-13-7-15(19)23-17(22-13)26-10-12-4-3-5-14(20)16(12)21/h3-5,7,11H,6,8-10H2,1-2H3. The highest BCUT2D eigenvalue weighted by molar-refractivity contribution is 7.98. The van der Waals surface area contributed by atoms with Crippen LogP contribution in [0.2, 0.25) is 5.15 Å². The van der Waals surface area contributed by atoms with E-state index in [9.17, 15) is 8.78 Å². The molecule has 140 valence electrons. The molecule has 1 aromatic carbocycles. The van der Waals surface area contributed by atoms with Crippen molar-refractivity contribution in [3.63, 3.8) is 0 Å². The van der Waals surface area contributed by atoms with Gasteiger partial charge in [-0.05, 0) is 32.4 Å². The molecule has 0 bridgehead atoms. The fourth-order valence-electron chi connectivity index (χ4n) is 2.55. The Bertz CT molecular complexity index is 782. The van der Waals surface area contributed by atoms with Gasteiger partial charge in [-0.3, -0.25) is 0 Å². The number of nitrogens with zero attached hydrogens (tertiary/aromatic N) is 2. The molecule has 1 aromatic heterocycles. The lowest BCUT2D eigenvalue weighted by molar-refractivity contribution is -0.261. The second-order valence-corrected chi connectivity index (χ2v) is 7.89. The molecular weight excluding hydrogens is 382 g/mol. The minimum atomic E-state index is -0.865. The van der Waals surface area contributed by atoms with E-state index in [2.05, 4.69) is 9.97 Å². The van der Waals surface area contributed by atoms with Gasteiger partial charge in [0.05, 0.1) is 13.2 Å². The van der Waals surface area contributed by atoms with Gasteiger partial charge in [-0.15, -0.1) is 0 Å². The molecule has 2 heterocycles. The largest absolute Gasteiger partial charge is 0.350 e. The van der Waals surface area contributed by atoms with Gasteiger partial charge >= 0.3 is 0 Å². The maximum absolute atomic E-state index is 13.8. The molecule has 0 aliphatic carbocycles. The summed E-state index contributed by atoms with van der Waals surface area (Å²) in [6.45, 7) is 4.91. The van der Waals surface area contributed by atoms with Crippen molar-refractivity contribution in [2.45, 2.75) is 37.0 Å². The van der Waals surface area contributed by atoms with Crippen LogP contribution in [0.1, 0.15) is 25.1 Å². The van der Waals surface area contributed by atoms with Crippen LogP contribution in [0.3, 0.4) is 0 Å². The summed E-state index contributed by atoms with van der Waals surface area (Å²) >= 11 is 7.30. The van der Waals surface area contributed by atoms with E-state index in [-0.39, 0.29) is 17.2 Å². The Labute approximate surface area is 160 Å². The topological polar surface area (TPSA) is 44.2 Å². The Morgan fingerprint density at radius 3 is 2.69 bits per heavy atom. The summed E-state index contributed by atoms with van der Waals surface area (Å²) in [5.74, 6) is -1.88. The molecule has 1 saturated heterocycles. The number of hydrogen-bond donors (Lipinski definition) is 0. The zero-order valence-electron chi connectivity index (χ0n) is 14.5. The van der Waals surface area contributed by atoms with Crippen molar-refractivity contribution in [3.05, 3.63) is 52.3 Å². The maximum Gasteiger partial charge on any atom is 0.189 e. The quantitative estimate of drug-likeness (QED) is 0.415. The molecule has 4 nitrogen and oxygen atoms in total. The Kier molecular flexibility index (Phi) is 6.12. The number of halogens is 3. The average Bonchev–Trinajstić information content (AvgIpc) is 2.58. The number of thioether (sulfide) groups is 1. The van der Waals surface area contributed by atoms with E-state index in [1.165, 1.54) is 23.9 Å². The maximum atomic E-state index is 13.8. The Morgan fingerprint density at radius 1 is 1.23 bits per heavy atom. The molecule has 2 aromatic rings. The van der Waals surface area contributed by atoms with Crippen LogP contribution < -0.4 is 0 Å². The summed E-state index contributed by atoms with van der Waals surface area (Å²) in [7, 11) is 0. The Balaban J connectivity index is 1.65. The molecular formula is C18H19ClF2N2O2S. The predicted molar refractivity (Wildman–Crippen MR) is 96.1 cm³/mol. The molecule has 1 fully saturated rings. The summed E-state index contributed by atoms with van der Waals surface area (Å²) in [5.41, 5.74) is 1.03. The monoisotopic (exact) mass is 400 g/mol. The van der Waals surface area contributed by atoms with Crippen LogP contribution in [-0.2, 0) is 21.6 Å². The van der Waals surface area contributed by atoms with Crippen molar-refractivity contribution < 1.29 is 18.3 Å². The molecule has 0 atom stereocenters. The van der Waals surface area contributed by atoms with E-state index >= 15 is 0 Å². The van der Waals surface area contributed by atoms with Crippen LogP contribution in [0.25, 0.3) is 0 Å². The normalized spacial score (nSPS) is 17.4. The SMILES string of the molecule is CC1(C)OCC(Cc2cc(Cl)nc(SCc3cccc(F)c3F)n2)CO1. The summed E-state index contributed by atoms with van der Waals surface area (Å²) < 4.78 is 38.4. The van der Waals surface area contributed by atoms with E-state index in [4.69, 9.17) is 21.1 Å². The molecule has 1 aliphatic heterocycles. The first kappa shape index (κ1) is 19.5. The molecule has 26 heavy (non-hydrogen) atoms. The highest BCUT2D eigenvalue weighted by Gasteiger charge is 2.28. The van der Waals surface area contributed by atoms with Crippen molar-refractivity contribution >= 4 is 23.4 Å². The highest BCUT2D eigenvalue weighted by Crippen LogP contribution is 2.26. The van der Waals surface area contributed by atoms with Gasteiger partial charge in [-0.25, -0.2) is 18.7 Å². The van der Waals surface area contributed by atoms with Crippen molar-refractivity contribution in [2.75, 3.05) is 13.2 Å². The second-order valence-electron chi connectivity index (χ2n) is 6.56. The van der Waals surface area contributed by atoms with Crippen LogP contribution >= 0.6 is 23.4 Å². The van der Waals surface area contributed by atoms with Crippen LogP contribution in [0, 0.1) is 17.6 Å². The van der Waals surface area contributed by atoms with E-state index in [0.29, 0.717) is 29.9 Å². The average molecular weight is 401 g/mol. The smallest absolute Gasteiger partial charge is 0.189 e. The van der Waals surface area contributed by atoms with Gasteiger partial charge in [-0.2, -0.15) is 0 Å². The highest BCUT2D eigenvalue weighted by atomic mass is 35.5. The van der Waals surface area contributed by atoms with Crippen molar-refractivity contribution in [2.24, 2.45) is 5.92 Å². The summed E-state index contributed by atoms with van der Waals surface area (Å²) in [4.78, 5) is 8.63. The Hall–Kier alpha value is -1.28. The number of benzene rings is 1. The van der Waals surface area contributed by atoms with Crippen LogP contribution in [-0.4, -0.2) is 29.0 Å². The van der Waals surface area contributed by atoms with Gasteiger partial charge in [0.15, 0.2) is 22.6 Å². The number of aromatic nitrogens is 2. The lowest BCUT2D eigenvalue weighted by Crippen LogP contribution is -2.40. The summed E-state index contributed by atoms with van der Waals surface area (Å²) in [6, 6.07) is 5.81. The fraction of sp³-hybridized carbons (Fsp3) is 0.444. The first-order valence-electron chi connectivity index (χ1n) is 8.19. The van der Waals surface area contributed by atoms with Gasteiger partial charge in [0.25, 0.3) is 0 Å². The lowest BCUT2D eigenvalue weighted by atomic mass is 10.0. The lowest BCUT2D eigenvalue weighted by Gasteiger charge is -2.34.